The molecular weight excluding hydrogens is 300 g/mol. The maximum Gasteiger partial charge on any atom is 0.306 e. The lowest BCUT2D eigenvalue weighted by molar-refractivity contribution is 0.467. The van der Waals surface area contributed by atoms with Crippen molar-refractivity contribution in [3.63, 3.8) is 0 Å². The highest BCUT2D eigenvalue weighted by molar-refractivity contribution is 7.94. The van der Waals surface area contributed by atoms with Crippen LogP contribution in [0.4, 0.5) is 5.69 Å². The summed E-state index contributed by atoms with van der Waals surface area (Å²) in [4.78, 5) is 13.2. The van der Waals surface area contributed by atoms with E-state index in [1.165, 1.54) is 6.92 Å². The van der Waals surface area contributed by atoms with Crippen molar-refractivity contribution in [2.75, 3.05) is 4.72 Å². The fraction of sp³-hybridized carbons (Fsp3) is 0.250. The molecule has 0 spiro atoms. The van der Waals surface area contributed by atoms with E-state index in [-0.39, 0.29) is 15.6 Å². The van der Waals surface area contributed by atoms with Crippen molar-refractivity contribution < 1.29 is 13.5 Å². The molecule has 108 valence electrons. The number of nitrogens with one attached hydrogen (secondary N) is 2. The van der Waals surface area contributed by atoms with Gasteiger partial charge in [-0.3, -0.25) is 9.52 Å². The molecular formula is C12H14N2O4S2. The first-order valence-corrected chi connectivity index (χ1v) is 8.04. The number of hydrogen-bond donors (Lipinski definition) is 3. The summed E-state index contributed by atoms with van der Waals surface area (Å²) in [6, 6.07) is 3.19. The number of thiazole rings is 1. The zero-order chi connectivity index (χ0) is 15.1. The molecule has 0 radical (unpaired) electrons. The molecule has 20 heavy (non-hydrogen) atoms. The minimum absolute atomic E-state index is 0.0455. The maximum atomic E-state index is 12.2. The van der Waals surface area contributed by atoms with Gasteiger partial charge in [-0.25, -0.2) is 8.42 Å². The average molecular weight is 314 g/mol. The Morgan fingerprint density at radius 3 is 2.45 bits per heavy atom. The van der Waals surface area contributed by atoms with E-state index in [4.69, 9.17) is 0 Å². The standard InChI is InChI=1S/C12H14N2O4S2/c1-6-4-5-9(7(2)10(6)15)14-20(17,18)11-8(3)13-12(16)19-11/h4-5,14-15H,1-3H3,(H,13,16). The molecule has 6 nitrogen and oxygen atoms in total. The van der Waals surface area contributed by atoms with E-state index in [0.29, 0.717) is 28.2 Å². The van der Waals surface area contributed by atoms with Crippen LogP contribution in [-0.4, -0.2) is 18.5 Å². The number of hydrogen-bond acceptors (Lipinski definition) is 5. The quantitative estimate of drug-likeness (QED) is 0.805. The van der Waals surface area contributed by atoms with Crippen molar-refractivity contribution in [2.24, 2.45) is 0 Å². The zero-order valence-electron chi connectivity index (χ0n) is 11.1. The highest BCUT2D eigenvalue weighted by atomic mass is 32.2. The highest BCUT2D eigenvalue weighted by Gasteiger charge is 2.22. The molecule has 1 heterocycles. The lowest BCUT2D eigenvalue weighted by Gasteiger charge is -2.12. The first-order chi connectivity index (χ1) is 9.22. The van der Waals surface area contributed by atoms with E-state index >= 15 is 0 Å². The molecule has 0 fully saturated rings. The Kier molecular flexibility index (Phi) is 3.61. The summed E-state index contributed by atoms with van der Waals surface area (Å²) in [5, 5.41) is 9.82. The molecule has 0 saturated carbocycles. The van der Waals surface area contributed by atoms with Gasteiger partial charge in [0, 0.05) is 11.3 Å². The average Bonchev–Trinajstić information content (AvgIpc) is 2.70. The number of aromatic amines is 1. The number of rotatable bonds is 3. The second kappa shape index (κ2) is 4.95. The smallest absolute Gasteiger partial charge is 0.306 e. The summed E-state index contributed by atoms with van der Waals surface area (Å²) >= 11 is 0.630. The van der Waals surface area contributed by atoms with Crippen molar-refractivity contribution in [2.45, 2.75) is 25.0 Å². The van der Waals surface area contributed by atoms with E-state index in [1.54, 1.807) is 26.0 Å². The van der Waals surface area contributed by atoms with E-state index in [2.05, 4.69) is 9.71 Å². The number of H-pyrrole nitrogens is 1. The van der Waals surface area contributed by atoms with Gasteiger partial charge in [0.1, 0.15) is 5.75 Å². The van der Waals surface area contributed by atoms with Crippen LogP contribution in [0.15, 0.2) is 21.1 Å². The predicted octanol–water partition coefficient (Wildman–Crippen LogP) is 1.87. The molecule has 0 unspecified atom stereocenters. The number of benzene rings is 1. The Hall–Kier alpha value is -1.80. The van der Waals surface area contributed by atoms with Crippen molar-refractivity contribution in [3.8, 4) is 5.75 Å². The molecule has 0 saturated heterocycles. The number of phenols is 1. The second-order valence-corrected chi connectivity index (χ2v) is 7.30. The Bertz CT molecular complexity index is 818. The maximum absolute atomic E-state index is 12.2. The van der Waals surface area contributed by atoms with Crippen LogP contribution in [0.25, 0.3) is 0 Å². The van der Waals surface area contributed by atoms with Gasteiger partial charge in [0.25, 0.3) is 10.0 Å². The number of aryl methyl sites for hydroxylation is 2. The third kappa shape index (κ3) is 2.56. The summed E-state index contributed by atoms with van der Waals surface area (Å²) in [6.45, 7) is 4.86. The molecule has 0 aliphatic rings. The lowest BCUT2D eigenvalue weighted by Crippen LogP contribution is -2.13. The monoisotopic (exact) mass is 314 g/mol. The molecule has 0 aliphatic heterocycles. The van der Waals surface area contributed by atoms with Crippen LogP contribution in [0, 0.1) is 20.8 Å². The third-order valence-corrected chi connectivity index (χ3v) is 5.87. The van der Waals surface area contributed by atoms with E-state index in [0.717, 1.165) is 0 Å². The van der Waals surface area contributed by atoms with Crippen molar-refractivity contribution in [1.29, 1.82) is 0 Å². The van der Waals surface area contributed by atoms with Gasteiger partial charge < -0.3 is 10.1 Å². The van der Waals surface area contributed by atoms with Gasteiger partial charge in [-0.15, -0.1) is 0 Å². The summed E-state index contributed by atoms with van der Waals surface area (Å²) in [5.41, 5.74) is 1.68. The van der Waals surface area contributed by atoms with Gasteiger partial charge in [0.05, 0.1) is 5.69 Å². The van der Waals surface area contributed by atoms with Crippen LogP contribution in [0.1, 0.15) is 16.8 Å². The van der Waals surface area contributed by atoms with Gasteiger partial charge >= 0.3 is 4.87 Å². The first-order valence-electron chi connectivity index (χ1n) is 5.74. The number of phenolic OH excluding ortho intramolecular Hbond substituents is 1. The van der Waals surface area contributed by atoms with Gasteiger partial charge in [-0.2, -0.15) is 0 Å². The first kappa shape index (κ1) is 14.6. The van der Waals surface area contributed by atoms with Crippen molar-refractivity contribution in [1.82, 2.24) is 4.98 Å². The summed E-state index contributed by atoms with van der Waals surface area (Å²) in [7, 11) is -3.85. The second-order valence-electron chi connectivity index (χ2n) is 4.44. The number of anilines is 1. The largest absolute Gasteiger partial charge is 0.507 e. The van der Waals surface area contributed by atoms with Gasteiger partial charge in [0.2, 0.25) is 0 Å². The minimum Gasteiger partial charge on any atom is -0.507 e. The molecule has 0 bridgehead atoms. The van der Waals surface area contributed by atoms with Crippen molar-refractivity contribution in [3.05, 3.63) is 38.6 Å². The Labute approximate surface area is 120 Å². The predicted molar refractivity (Wildman–Crippen MR) is 78.1 cm³/mol. The van der Waals surface area contributed by atoms with E-state index < -0.39 is 14.9 Å². The third-order valence-electron chi connectivity index (χ3n) is 2.90. The van der Waals surface area contributed by atoms with Crippen LogP contribution in [0.2, 0.25) is 0 Å². The van der Waals surface area contributed by atoms with Gasteiger partial charge in [0.15, 0.2) is 4.21 Å². The Morgan fingerprint density at radius 2 is 1.90 bits per heavy atom. The van der Waals surface area contributed by atoms with E-state index in [9.17, 15) is 18.3 Å². The summed E-state index contributed by atoms with van der Waals surface area (Å²) in [6.07, 6.45) is 0. The minimum atomic E-state index is -3.85. The highest BCUT2D eigenvalue weighted by Crippen LogP contribution is 2.30. The molecule has 2 rings (SSSR count). The van der Waals surface area contributed by atoms with Crippen molar-refractivity contribution >= 4 is 27.0 Å². The van der Waals surface area contributed by atoms with Crippen LogP contribution in [0.5, 0.6) is 5.75 Å². The van der Waals surface area contributed by atoms with Crippen LogP contribution in [-0.2, 0) is 10.0 Å². The van der Waals surface area contributed by atoms with Crippen LogP contribution in [0.3, 0.4) is 0 Å². The Morgan fingerprint density at radius 1 is 1.25 bits per heavy atom. The molecule has 1 aromatic carbocycles. The van der Waals surface area contributed by atoms with Crippen LogP contribution >= 0.6 is 11.3 Å². The molecule has 0 aliphatic carbocycles. The summed E-state index contributed by atoms with van der Waals surface area (Å²) < 4.78 is 26.8. The van der Waals surface area contributed by atoms with Gasteiger partial charge in [-0.1, -0.05) is 17.4 Å². The number of sulfonamides is 1. The fourth-order valence-electron chi connectivity index (χ4n) is 1.78. The molecule has 8 heteroatoms. The van der Waals surface area contributed by atoms with Crippen LogP contribution < -0.4 is 9.60 Å². The Balaban J connectivity index is 2.46. The SMILES string of the molecule is Cc1ccc(NS(=O)(=O)c2sc(=O)[nH]c2C)c(C)c1O. The normalized spacial score (nSPS) is 11.6. The zero-order valence-corrected chi connectivity index (χ0v) is 12.8. The van der Waals surface area contributed by atoms with Gasteiger partial charge in [-0.05, 0) is 32.4 Å². The lowest BCUT2D eigenvalue weighted by atomic mass is 10.1. The fourth-order valence-corrected chi connectivity index (χ4v) is 4.21. The number of aromatic hydroxyl groups is 1. The molecule has 0 atom stereocenters. The molecule has 3 N–H and O–H groups in total. The summed E-state index contributed by atoms with van der Waals surface area (Å²) in [5.74, 6) is 0.0455. The topological polar surface area (TPSA) is 99.3 Å². The number of aromatic nitrogens is 1. The molecule has 0 amide bonds. The molecule has 1 aromatic heterocycles. The van der Waals surface area contributed by atoms with E-state index in [1.807, 2.05) is 0 Å². The molecule has 2 aromatic rings.